The fraction of sp³-hybridized carbons (Fsp3) is 0.0119. The van der Waals surface area contributed by atoms with Gasteiger partial charge in [0.05, 0.1) is 89.6 Å². The van der Waals surface area contributed by atoms with Crippen LogP contribution in [-0.2, 0) is 6.18 Å². The highest BCUT2D eigenvalue weighted by atomic mass is 19.4. The van der Waals surface area contributed by atoms with E-state index in [0.29, 0.717) is 99.2 Å². The van der Waals surface area contributed by atoms with E-state index in [2.05, 4.69) is 43.7 Å². The van der Waals surface area contributed by atoms with Crippen LogP contribution in [0.15, 0.2) is 243 Å². The lowest BCUT2D eigenvalue weighted by atomic mass is 9.90. The van der Waals surface area contributed by atoms with Crippen LogP contribution in [0.3, 0.4) is 0 Å². The Morgan fingerprint density at radius 1 is 0.330 bits per heavy atom. The Morgan fingerprint density at radius 3 is 1.11 bits per heavy atom. The van der Waals surface area contributed by atoms with Gasteiger partial charge in [0.1, 0.15) is 0 Å². The first-order chi connectivity index (χ1) is 48.8. The standard InChI is InChI=1S/C84H40F3N13/c1-92-59-27-31-61(57(39-59)47-90)53-23-33-73-66(41-53)68-43-55(63-29-21-49(45-88)37-71(63)94-3)25-35-74(68)99(73)77-19-11-17-65(83-97-81(51-13-7-5-8-14-51)96-82(98-83)52-15-9-6-10-16-52)79(77)80-70(84(85,86)87)18-12-20-78(80)100-75-34-24-54(62-32-28-60(93-2)40-58(62)48-91)42-67(75)69-44-56(26-36-76(69)100)64-30-22-50(46-89)38-72(64)95-4/h5-44H. The summed E-state index contributed by atoms with van der Waals surface area (Å²) < 4.78 is 55.3. The lowest BCUT2D eigenvalue weighted by Crippen LogP contribution is -2.12. The minimum absolute atomic E-state index is 0.0317. The monoisotopic (exact) mass is 1290 g/mol. The third kappa shape index (κ3) is 10.4. The molecule has 0 radical (unpaired) electrons. The first kappa shape index (κ1) is 61.2. The van der Waals surface area contributed by atoms with Crippen LogP contribution in [-0.4, -0.2) is 24.1 Å². The molecule has 0 spiro atoms. The lowest BCUT2D eigenvalue weighted by molar-refractivity contribution is -0.137. The van der Waals surface area contributed by atoms with E-state index in [0.717, 1.165) is 6.07 Å². The van der Waals surface area contributed by atoms with Gasteiger partial charge < -0.3 is 9.13 Å². The Hall–Kier alpha value is -15.0. The number of hydrogen-bond acceptors (Lipinski definition) is 7. The molecule has 0 saturated carbocycles. The fourth-order valence-corrected chi connectivity index (χ4v) is 13.3. The van der Waals surface area contributed by atoms with Crippen LogP contribution < -0.4 is 0 Å². The summed E-state index contributed by atoms with van der Waals surface area (Å²) in [5, 5.41) is 43.2. The number of nitrogens with zero attached hydrogens (tertiary/aromatic N) is 13. The third-order valence-corrected chi connectivity index (χ3v) is 17.8. The molecule has 462 valence electrons. The molecule has 0 bridgehead atoms. The topological polar surface area (TPSA) is 161 Å². The Morgan fingerprint density at radius 2 is 0.720 bits per heavy atom. The molecule has 0 aliphatic carbocycles. The summed E-state index contributed by atoms with van der Waals surface area (Å²) in [6, 6.07) is 77.8. The molecule has 0 aliphatic rings. The lowest BCUT2D eigenvalue weighted by Gasteiger charge is -2.24. The van der Waals surface area contributed by atoms with Crippen molar-refractivity contribution in [2.45, 2.75) is 6.18 Å². The highest BCUT2D eigenvalue weighted by Crippen LogP contribution is 2.51. The number of hydrogen-bond donors (Lipinski definition) is 0. The number of benzene rings is 12. The van der Waals surface area contributed by atoms with Gasteiger partial charge in [-0.05, 0) is 148 Å². The Kier molecular flexibility index (Phi) is 15.1. The summed E-state index contributed by atoms with van der Waals surface area (Å²) in [5.74, 6) is 0.515. The van der Waals surface area contributed by atoms with Crippen molar-refractivity contribution in [3.63, 3.8) is 0 Å². The molecule has 0 unspecified atom stereocenters. The van der Waals surface area contributed by atoms with Crippen molar-refractivity contribution < 1.29 is 13.2 Å². The first-order valence-electron chi connectivity index (χ1n) is 30.9. The molecular weight excluding hydrogens is 1250 g/mol. The maximum absolute atomic E-state index is 17.2. The normalized spacial score (nSPS) is 11.1. The van der Waals surface area contributed by atoms with Gasteiger partial charge >= 0.3 is 6.18 Å². The van der Waals surface area contributed by atoms with Crippen LogP contribution in [0, 0.1) is 71.6 Å². The molecule has 15 rings (SSSR count). The van der Waals surface area contributed by atoms with Crippen molar-refractivity contribution in [3.05, 3.63) is 316 Å². The zero-order valence-corrected chi connectivity index (χ0v) is 52.0. The van der Waals surface area contributed by atoms with Gasteiger partial charge in [0.2, 0.25) is 0 Å². The number of alkyl halides is 3. The number of nitriles is 4. The van der Waals surface area contributed by atoms with E-state index in [-0.39, 0.29) is 90.5 Å². The maximum atomic E-state index is 17.2. The molecule has 0 amide bonds. The number of halogens is 3. The summed E-state index contributed by atoms with van der Waals surface area (Å²) >= 11 is 0. The van der Waals surface area contributed by atoms with Gasteiger partial charge in [-0.15, -0.1) is 0 Å². The molecule has 12 aromatic carbocycles. The van der Waals surface area contributed by atoms with Crippen molar-refractivity contribution in [3.8, 4) is 125 Å². The van der Waals surface area contributed by atoms with Gasteiger partial charge in [-0.25, -0.2) is 34.3 Å². The average Bonchev–Trinajstić information content (AvgIpc) is 1.51. The second kappa shape index (κ2) is 24.7. The number of fused-ring (bicyclic) bond motifs is 6. The molecule has 0 aliphatic heterocycles. The SMILES string of the molecule is [C-]#[N+]c1ccc(-c2ccc3c(c2)c2cc(-c4ccc(C#N)cc4[N+]#[C-])ccc2n3-c2cccc(-c3nc(-c4ccccc4)nc(-c4ccccc4)n3)c2-c2c(-n3c4ccc(-c5ccc([N+]#[C-])cc5C#N)cc4c4cc(-c5ccc(C#N)cc5[N+]#[C-])ccc43)cccc2C(F)(F)F)c(C#N)c1. The van der Waals surface area contributed by atoms with E-state index in [1.807, 2.05) is 114 Å². The third-order valence-electron chi connectivity index (χ3n) is 17.8. The zero-order chi connectivity index (χ0) is 68.9. The fourth-order valence-electron chi connectivity index (χ4n) is 13.3. The molecule has 16 heteroatoms. The highest BCUT2D eigenvalue weighted by Gasteiger charge is 2.38. The van der Waals surface area contributed by atoms with Crippen molar-refractivity contribution in [1.82, 2.24) is 24.1 Å². The smallest absolute Gasteiger partial charge is 0.309 e. The predicted octanol–water partition coefficient (Wildman–Crippen LogP) is 22.1. The van der Waals surface area contributed by atoms with E-state index in [1.54, 1.807) is 102 Å². The van der Waals surface area contributed by atoms with E-state index >= 15 is 13.2 Å². The highest BCUT2D eigenvalue weighted by molar-refractivity contribution is 6.15. The van der Waals surface area contributed by atoms with Crippen LogP contribution in [0.25, 0.3) is 164 Å². The molecule has 100 heavy (non-hydrogen) atoms. The van der Waals surface area contributed by atoms with Crippen molar-refractivity contribution in [2.24, 2.45) is 0 Å². The van der Waals surface area contributed by atoms with E-state index < -0.39 is 11.7 Å². The maximum Gasteiger partial charge on any atom is 0.417 e. The molecular formula is C84H40F3N13. The van der Waals surface area contributed by atoms with Crippen LogP contribution >= 0.6 is 0 Å². The van der Waals surface area contributed by atoms with E-state index in [1.165, 1.54) is 30.3 Å². The molecule has 0 saturated heterocycles. The minimum Gasteiger partial charge on any atom is -0.309 e. The van der Waals surface area contributed by atoms with Crippen molar-refractivity contribution in [2.75, 3.05) is 0 Å². The summed E-state index contributed by atoms with van der Waals surface area (Å²) in [6.45, 7) is 31.9. The molecule has 13 nitrogen and oxygen atoms in total. The quantitative estimate of drug-likeness (QED) is 0.123. The van der Waals surface area contributed by atoms with Gasteiger partial charge in [0.25, 0.3) is 0 Å². The second-order valence-corrected chi connectivity index (χ2v) is 23.4. The summed E-state index contributed by atoms with van der Waals surface area (Å²) in [7, 11) is 0. The second-order valence-electron chi connectivity index (χ2n) is 23.4. The van der Waals surface area contributed by atoms with E-state index in [9.17, 15) is 21.0 Å². The molecule has 0 atom stereocenters. The molecule has 15 aromatic rings. The summed E-state index contributed by atoms with van der Waals surface area (Å²) in [6.07, 6.45) is -5.07. The minimum atomic E-state index is -5.07. The zero-order valence-electron chi connectivity index (χ0n) is 52.0. The Labute approximate surface area is 569 Å². The summed E-state index contributed by atoms with van der Waals surface area (Å²) in [5.41, 5.74) is 8.83. The van der Waals surface area contributed by atoms with Crippen molar-refractivity contribution >= 4 is 66.4 Å². The number of aromatic nitrogens is 5. The largest absolute Gasteiger partial charge is 0.417 e. The van der Waals surface area contributed by atoms with Crippen molar-refractivity contribution in [1.29, 1.82) is 21.0 Å². The molecule has 3 heterocycles. The Balaban J connectivity index is 1.10. The Bertz CT molecular complexity index is 6060. The van der Waals surface area contributed by atoms with Gasteiger partial charge in [-0.1, -0.05) is 140 Å². The van der Waals surface area contributed by atoms with Gasteiger partial charge in [-0.3, -0.25) is 0 Å². The van der Waals surface area contributed by atoms with Gasteiger partial charge in [0, 0.05) is 71.6 Å². The molecule has 3 aromatic heterocycles. The van der Waals surface area contributed by atoms with Crippen LogP contribution in [0.5, 0.6) is 0 Å². The van der Waals surface area contributed by atoms with Gasteiger partial charge in [-0.2, -0.15) is 34.2 Å². The van der Waals surface area contributed by atoms with Crippen LogP contribution in [0.4, 0.5) is 35.9 Å². The van der Waals surface area contributed by atoms with Crippen LogP contribution in [0.2, 0.25) is 0 Å². The number of rotatable bonds is 10. The van der Waals surface area contributed by atoms with Crippen LogP contribution in [0.1, 0.15) is 27.8 Å². The first-order valence-corrected chi connectivity index (χ1v) is 30.9. The van der Waals surface area contributed by atoms with Gasteiger partial charge in [0.15, 0.2) is 40.2 Å². The predicted molar refractivity (Wildman–Crippen MR) is 381 cm³/mol. The molecule has 0 N–H and O–H groups in total. The average molecular weight is 1290 g/mol. The van der Waals surface area contributed by atoms with E-state index in [4.69, 9.17) is 41.2 Å². The summed E-state index contributed by atoms with van der Waals surface area (Å²) in [4.78, 5) is 30.2. The molecule has 0 fully saturated rings.